The molecule has 0 spiro atoms. The maximum atomic E-state index is 12.8. The monoisotopic (exact) mass is 300 g/mol. The third-order valence-corrected chi connectivity index (χ3v) is 3.95. The standard InChI is InChI=1S/C15H21FN2O.ClH/c1-15(17)9-3-2-4-13(15)14(19)18-10-11-5-7-12(16)8-6-11;/h5-8,13H,2-4,9-10,17H2,1H3,(H,18,19);1H. The van der Waals surface area contributed by atoms with Crippen LogP contribution in [0.3, 0.4) is 0 Å². The minimum Gasteiger partial charge on any atom is -0.352 e. The zero-order valence-corrected chi connectivity index (χ0v) is 12.5. The summed E-state index contributed by atoms with van der Waals surface area (Å²) >= 11 is 0. The molecule has 0 radical (unpaired) electrons. The first-order valence-corrected chi connectivity index (χ1v) is 6.80. The Hall–Kier alpha value is -1.13. The SMILES string of the molecule is CC1(N)CCCCC1C(=O)NCc1ccc(F)cc1.Cl. The number of carbonyl (C=O) groups is 1. The summed E-state index contributed by atoms with van der Waals surface area (Å²) < 4.78 is 12.8. The van der Waals surface area contributed by atoms with Gasteiger partial charge in [-0.1, -0.05) is 25.0 Å². The Kier molecular flexibility index (Phi) is 5.96. The molecule has 1 aromatic carbocycles. The Morgan fingerprint density at radius 3 is 2.65 bits per heavy atom. The number of hydrogen-bond acceptors (Lipinski definition) is 2. The van der Waals surface area contributed by atoms with Gasteiger partial charge in [0.05, 0.1) is 5.92 Å². The second kappa shape index (κ2) is 7.04. The molecule has 2 rings (SSSR count). The highest BCUT2D eigenvalue weighted by Crippen LogP contribution is 2.31. The molecule has 2 unspecified atom stereocenters. The molecule has 3 N–H and O–H groups in total. The summed E-state index contributed by atoms with van der Waals surface area (Å²) in [7, 11) is 0. The Balaban J connectivity index is 0.00000200. The molecule has 20 heavy (non-hydrogen) atoms. The molecule has 112 valence electrons. The van der Waals surface area contributed by atoms with Crippen LogP contribution in [0.15, 0.2) is 24.3 Å². The first kappa shape index (κ1) is 16.9. The Labute approximate surface area is 125 Å². The molecular weight excluding hydrogens is 279 g/mol. The number of rotatable bonds is 3. The topological polar surface area (TPSA) is 55.1 Å². The van der Waals surface area contributed by atoms with Gasteiger partial charge >= 0.3 is 0 Å². The molecule has 1 amide bonds. The lowest BCUT2D eigenvalue weighted by molar-refractivity contribution is -0.128. The van der Waals surface area contributed by atoms with E-state index >= 15 is 0 Å². The largest absolute Gasteiger partial charge is 0.352 e. The molecule has 1 saturated carbocycles. The van der Waals surface area contributed by atoms with Crippen LogP contribution in [-0.2, 0) is 11.3 Å². The van der Waals surface area contributed by atoms with Gasteiger partial charge in [-0.05, 0) is 37.5 Å². The van der Waals surface area contributed by atoms with Crippen molar-refractivity contribution in [3.05, 3.63) is 35.6 Å². The van der Waals surface area contributed by atoms with Gasteiger partial charge < -0.3 is 11.1 Å². The smallest absolute Gasteiger partial charge is 0.225 e. The number of benzene rings is 1. The number of hydrogen-bond donors (Lipinski definition) is 2. The van der Waals surface area contributed by atoms with Crippen LogP contribution in [0.2, 0.25) is 0 Å². The first-order chi connectivity index (χ1) is 8.99. The third kappa shape index (κ3) is 4.18. The van der Waals surface area contributed by atoms with E-state index in [1.165, 1.54) is 12.1 Å². The minimum atomic E-state index is -0.412. The molecule has 0 aromatic heterocycles. The number of amides is 1. The lowest BCUT2D eigenvalue weighted by Crippen LogP contribution is -2.52. The van der Waals surface area contributed by atoms with Gasteiger partial charge in [-0.2, -0.15) is 0 Å². The van der Waals surface area contributed by atoms with Crippen LogP contribution >= 0.6 is 12.4 Å². The molecule has 0 saturated heterocycles. The molecule has 2 atom stereocenters. The van der Waals surface area contributed by atoms with Crippen molar-refractivity contribution in [1.82, 2.24) is 5.32 Å². The first-order valence-electron chi connectivity index (χ1n) is 6.80. The van der Waals surface area contributed by atoms with E-state index in [9.17, 15) is 9.18 Å². The van der Waals surface area contributed by atoms with Crippen molar-refractivity contribution in [2.75, 3.05) is 0 Å². The predicted octanol–water partition coefficient (Wildman–Crippen LogP) is 2.77. The predicted molar refractivity (Wildman–Crippen MR) is 80.0 cm³/mol. The number of halogens is 2. The van der Waals surface area contributed by atoms with E-state index in [2.05, 4.69) is 5.32 Å². The molecule has 1 fully saturated rings. The minimum absolute atomic E-state index is 0. The van der Waals surface area contributed by atoms with Gasteiger partial charge in [-0.15, -0.1) is 12.4 Å². The van der Waals surface area contributed by atoms with Gasteiger partial charge in [-0.25, -0.2) is 4.39 Å². The van der Waals surface area contributed by atoms with Crippen molar-refractivity contribution in [3.63, 3.8) is 0 Å². The highest BCUT2D eigenvalue weighted by atomic mass is 35.5. The summed E-state index contributed by atoms with van der Waals surface area (Å²) in [5.41, 5.74) is 6.68. The molecule has 5 heteroatoms. The zero-order valence-electron chi connectivity index (χ0n) is 11.7. The van der Waals surface area contributed by atoms with Crippen molar-refractivity contribution in [3.8, 4) is 0 Å². The second-order valence-electron chi connectivity index (χ2n) is 5.65. The quantitative estimate of drug-likeness (QED) is 0.902. The molecule has 3 nitrogen and oxygen atoms in total. The maximum absolute atomic E-state index is 12.8. The Morgan fingerprint density at radius 1 is 1.40 bits per heavy atom. The lowest BCUT2D eigenvalue weighted by Gasteiger charge is -2.37. The van der Waals surface area contributed by atoms with Crippen molar-refractivity contribution in [2.45, 2.75) is 44.7 Å². The fraction of sp³-hybridized carbons (Fsp3) is 0.533. The van der Waals surface area contributed by atoms with Crippen LogP contribution in [0.5, 0.6) is 0 Å². The van der Waals surface area contributed by atoms with Crippen LogP contribution in [-0.4, -0.2) is 11.4 Å². The van der Waals surface area contributed by atoms with Crippen LogP contribution in [0.4, 0.5) is 4.39 Å². The molecule has 0 bridgehead atoms. The van der Waals surface area contributed by atoms with Gasteiger partial charge in [0.2, 0.25) is 5.91 Å². The van der Waals surface area contributed by atoms with E-state index in [0.29, 0.717) is 6.54 Å². The molecule has 1 aromatic rings. The summed E-state index contributed by atoms with van der Waals surface area (Å²) in [4.78, 5) is 12.2. The van der Waals surface area contributed by atoms with E-state index in [0.717, 1.165) is 31.2 Å². The van der Waals surface area contributed by atoms with E-state index in [-0.39, 0.29) is 30.0 Å². The summed E-state index contributed by atoms with van der Waals surface area (Å²) in [5, 5.41) is 2.90. The van der Waals surface area contributed by atoms with E-state index in [1.807, 2.05) is 6.92 Å². The number of nitrogens with two attached hydrogens (primary N) is 1. The summed E-state index contributed by atoms with van der Waals surface area (Å²) in [6, 6.07) is 6.15. The third-order valence-electron chi connectivity index (χ3n) is 3.95. The van der Waals surface area contributed by atoms with Crippen molar-refractivity contribution in [2.24, 2.45) is 11.7 Å². The van der Waals surface area contributed by atoms with Crippen molar-refractivity contribution >= 4 is 18.3 Å². The molecule has 1 aliphatic rings. The summed E-state index contributed by atoms with van der Waals surface area (Å²) in [6.07, 6.45) is 3.89. The van der Waals surface area contributed by atoms with E-state index in [1.54, 1.807) is 12.1 Å². The molecule has 0 heterocycles. The van der Waals surface area contributed by atoms with Crippen molar-refractivity contribution in [1.29, 1.82) is 0 Å². The van der Waals surface area contributed by atoms with Crippen molar-refractivity contribution < 1.29 is 9.18 Å². The molecule has 1 aliphatic carbocycles. The van der Waals surface area contributed by atoms with Crippen LogP contribution < -0.4 is 11.1 Å². The fourth-order valence-corrected chi connectivity index (χ4v) is 2.70. The lowest BCUT2D eigenvalue weighted by atomic mass is 9.74. The highest BCUT2D eigenvalue weighted by molar-refractivity contribution is 5.85. The molecular formula is C15H22ClFN2O. The number of nitrogens with one attached hydrogen (secondary N) is 1. The average molecular weight is 301 g/mol. The summed E-state index contributed by atoms with van der Waals surface area (Å²) in [5.74, 6) is -0.382. The van der Waals surface area contributed by atoms with Crippen LogP contribution in [0.25, 0.3) is 0 Å². The van der Waals surface area contributed by atoms with E-state index in [4.69, 9.17) is 5.73 Å². The van der Waals surface area contributed by atoms with Gasteiger partial charge in [0.1, 0.15) is 5.82 Å². The van der Waals surface area contributed by atoms with Gasteiger partial charge in [0.15, 0.2) is 0 Å². The maximum Gasteiger partial charge on any atom is 0.225 e. The van der Waals surface area contributed by atoms with Crippen LogP contribution in [0.1, 0.15) is 38.2 Å². The average Bonchev–Trinajstić information content (AvgIpc) is 2.37. The van der Waals surface area contributed by atoms with Crippen LogP contribution in [0, 0.1) is 11.7 Å². The number of carbonyl (C=O) groups excluding carboxylic acids is 1. The van der Waals surface area contributed by atoms with Gasteiger partial charge in [-0.3, -0.25) is 4.79 Å². The Bertz CT molecular complexity index is 448. The zero-order chi connectivity index (χ0) is 13.9. The van der Waals surface area contributed by atoms with Gasteiger partial charge in [0.25, 0.3) is 0 Å². The Morgan fingerprint density at radius 2 is 2.05 bits per heavy atom. The second-order valence-corrected chi connectivity index (χ2v) is 5.65. The van der Waals surface area contributed by atoms with E-state index < -0.39 is 5.54 Å². The highest BCUT2D eigenvalue weighted by Gasteiger charge is 2.37. The summed E-state index contributed by atoms with van der Waals surface area (Å²) in [6.45, 7) is 2.37. The normalized spacial score (nSPS) is 25.6. The fourth-order valence-electron chi connectivity index (χ4n) is 2.70. The van der Waals surface area contributed by atoms with Gasteiger partial charge in [0, 0.05) is 12.1 Å². The molecule has 0 aliphatic heterocycles.